The molecule has 10 nitrogen and oxygen atoms in total. The molecule has 0 bridgehead atoms. The van der Waals surface area contributed by atoms with Crippen LogP contribution in [0.4, 0.5) is 0 Å². The fraction of sp³-hybridized carbons (Fsp3) is 0.381. The van der Waals surface area contributed by atoms with Gasteiger partial charge in [0.1, 0.15) is 6.54 Å². The Morgan fingerprint density at radius 1 is 1.16 bits per heavy atom. The number of piperidine rings is 1. The number of nitrogens with zero attached hydrogens (tertiary/aromatic N) is 5. The van der Waals surface area contributed by atoms with Crippen molar-refractivity contribution >= 4 is 23.0 Å². The van der Waals surface area contributed by atoms with Crippen molar-refractivity contribution < 1.29 is 14.3 Å². The first-order chi connectivity index (χ1) is 14.8. The van der Waals surface area contributed by atoms with Crippen LogP contribution in [0.25, 0.3) is 11.2 Å². The quantitative estimate of drug-likeness (QED) is 0.542. The summed E-state index contributed by atoms with van der Waals surface area (Å²) in [5.41, 5.74) is -0.0299. The van der Waals surface area contributed by atoms with E-state index < -0.39 is 16.9 Å². The molecule has 1 aromatic carbocycles. The molecule has 0 N–H and O–H groups in total. The number of aromatic nitrogens is 4. The molecule has 5 rings (SSSR count). The van der Waals surface area contributed by atoms with Gasteiger partial charge in [0, 0.05) is 26.2 Å². The Bertz CT molecular complexity index is 1370. The van der Waals surface area contributed by atoms with E-state index in [1.165, 1.54) is 29.6 Å². The number of imidazole rings is 1. The number of rotatable bonds is 2. The molecular formula is C21H21N5O5. The van der Waals surface area contributed by atoms with Crippen molar-refractivity contribution in [3.05, 3.63) is 62.6 Å². The van der Waals surface area contributed by atoms with Gasteiger partial charge in [0.05, 0.1) is 18.4 Å². The Kier molecular flexibility index (Phi) is 4.14. The van der Waals surface area contributed by atoms with Gasteiger partial charge in [0.2, 0.25) is 5.91 Å². The lowest BCUT2D eigenvalue weighted by Crippen LogP contribution is -2.49. The van der Waals surface area contributed by atoms with Gasteiger partial charge in [-0.1, -0.05) is 18.2 Å². The number of esters is 1. The van der Waals surface area contributed by atoms with Crippen molar-refractivity contribution in [2.45, 2.75) is 25.0 Å². The maximum absolute atomic E-state index is 13.2. The smallest absolute Gasteiger partial charge is 0.339 e. The number of benzene rings is 1. The summed E-state index contributed by atoms with van der Waals surface area (Å²) < 4.78 is 9.51. The maximum Gasteiger partial charge on any atom is 0.339 e. The van der Waals surface area contributed by atoms with Gasteiger partial charge in [-0.15, -0.1) is 0 Å². The molecule has 3 aromatic rings. The molecule has 1 saturated heterocycles. The van der Waals surface area contributed by atoms with Crippen LogP contribution in [0, 0.1) is 0 Å². The van der Waals surface area contributed by atoms with Crippen LogP contribution >= 0.6 is 0 Å². The topological polar surface area (TPSA) is 108 Å². The van der Waals surface area contributed by atoms with Gasteiger partial charge in [-0.05, 0) is 18.9 Å². The number of hydrogen-bond donors (Lipinski definition) is 0. The van der Waals surface area contributed by atoms with E-state index in [0.29, 0.717) is 24.9 Å². The number of likely N-dealkylation sites (tertiary alicyclic amines) is 1. The number of aryl methyl sites for hydroxylation is 1. The summed E-state index contributed by atoms with van der Waals surface area (Å²) in [6.07, 6.45) is 2.73. The molecule has 0 aliphatic carbocycles. The summed E-state index contributed by atoms with van der Waals surface area (Å²) in [5.74, 6) is -0.579. The van der Waals surface area contributed by atoms with Gasteiger partial charge in [0.15, 0.2) is 16.8 Å². The van der Waals surface area contributed by atoms with E-state index in [0.717, 1.165) is 10.1 Å². The third kappa shape index (κ3) is 2.74. The van der Waals surface area contributed by atoms with Crippen LogP contribution in [0.5, 0.6) is 0 Å². The predicted octanol–water partition coefficient (Wildman–Crippen LogP) is 0.122. The van der Waals surface area contributed by atoms with E-state index in [-0.39, 0.29) is 36.1 Å². The Labute approximate surface area is 176 Å². The van der Waals surface area contributed by atoms with Crippen LogP contribution in [-0.4, -0.2) is 48.6 Å². The summed E-state index contributed by atoms with van der Waals surface area (Å²) in [6, 6.07) is 7.27. The highest BCUT2D eigenvalue weighted by Crippen LogP contribution is 2.42. The first kappa shape index (κ1) is 19.3. The number of ether oxygens (including phenoxy) is 1. The van der Waals surface area contributed by atoms with Crippen LogP contribution in [0.15, 0.2) is 40.2 Å². The lowest BCUT2D eigenvalue weighted by Gasteiger charge is -2.39. The Morgan fingerprint density at radius 2 is 1.94 bits per heavy atom. The monoisotopic (exact) mass is 423 g/mol. The van der Waals surface area contributed by atoms with Gasteiger partial charge < -0.3 is 14.2 Å². The van der Waals surface area contributed by atoms with Crippen LogP contribution in [0.3, 0.4) is 0 Å². The van der Waals surface area contributed by atoms with Gasteiger partial charge in [-0.25, -0.2) is 14.6 Å². The summed E-state index contributed by atoms with van der Waals surface area (Å²) in [6.45, 7) is 0.691. The molecule has 1 atom stereocenters. The molecule has 4 heterocycles. The minimum Gasteiger partial charge on any atom is -0.449 e. The summed E-state index contributed by atoms with van der Waals surface area (Å²) in [5, 5.41) is 0. The van der Waals surface area contributed by atoms with Crippen LogP contribution < -0.4 is 11.2 Å². The molecular weight excluding hydrogens is 402 g/mol. The number of hydrogen-bond acceptors (Lipinski definition) is 6. The third-order valence-corrected chi connectivity index (χ3v) is 6.26. The van der Waals surface area contributed by atoms with Gasteiger partial charge in [0.25, 0.3) is 5.56 Å². The summed E-state index contributed by atoms with van der Waals surface area (Å²) in [4.78, 5) is 56.1. The van der Waals surface area contributed by atoms with Gasteiger partial charge in [-0.3, -0.25) is 18.7 Å². The highest BCUT2D eigenvalue weighted by molar-refractivity contribution is 5.95. The van der Waals surface area contributed by atoms with Crippen molar-refractivity contribution in [2.75, 3.05) is 13.1 Å². The predicted molar refractivity (Wildman–Crippen MR) is 110 cm³/mol. The van der Waals surface area contributed by atoms with E-state index >= 15 is 0 Å². The Morgan fingerprint density at radius 3 is 2.74 bits per heavy atom. The molecule has 1 fully saturated rings. The maximum atomic E-state index is 13.2. The molecule has 160 valence electrons. The highest BCUT2D eigenvalue weighted by atomic mass is 16.6. The van der Waals surface area contributed by atoms with Gasteiger partial charge in [-0.2, -0.15) is 0 Å². The fourth-order valence-corrected chi connectivity index (χ4v) is 4.65. The SMILES string of the molecule is Cn1c(=O)c2c(ncn2CC(=O)N2CCCC3(C2)OC(=O)c2ccccc23)n(C)c1=O. The molecule has 10 heteroatoms. The van der Waals surface area contributed by atoms with E-state index in [1.54, 1.807) is 17.0 Å². The molecule has 31 heavy (non-hydrogen) atoms. The third-order valence-electron chi connectivity index (χ3n) is 6.26. The average Bonchev–Trinajstić information content (AvgIpc) is 3.30. The van der Waals surface area contributed by atoms with Crippen LogP contribution in [0.2, 0.25) is 0 Å². The zero-order valence-corrected chi connectivity index (χ0v) is 17.2. The van der Waals surface area contributed by atoms with Crippen molar-refractivity contribution in [1.29, 1.82) is 0 Å². The lowest BCUT2D eigenvalue weighted by atomic mass is 9.85. The van der Waals surface area contributed by atoms with E-state index in [1.807, 2.05) is 12.1 Å². The van der Waals surface area contributed by atoms with Crippen molar-refractivity contribution in [3.63, 3.8) is 0 Å². The number of carbonyl (C=O) groups is 2. The molecule has 1 unspecified atom stereocenters. The number of amides is 1. The second-order valence-corrected chi connectivity index (χ2v) is 8.10. The van der Waals surface area contributed by atoms with E-state index in [2.05, 4.69) is 4.98 Å². The van der Waals surface area contributed by atoms with Crippen molar-refractivity contribution in [3.8, 4) is 0 Å². The lowest BCUT2D eigenvalue weighted by molar-refractivity contribution is -0.139. The molecule has 0 saturated carbocycles. The van der Waals surface area contributed by atoms with E-state index in [4.69, 9.17) is 4.74 Å². The van der Waals surface area contributed by atoms with Gasteiger partial charge >= 0.3 is 11.7 Å². The first-order valence-corrected chi connectivity index (χ1v) is 10.0. The second-order valence-electron chi connectivity index (χ2n) is 8.10. The largest absolute Gasteiger partial charge is 0.449 e. The molecule has 2 aromatic heterocycles. The first-order valence-electron chi connectivity index (χ1n) is 10.0. The molecule has 2 aliphatic rings. The van der Waals surface area contributed by atoms with Crippen molar-refractivity contribution in [2.24, 2.45) is 14.1 Å². The average molecular weight is 423 g/mol. The van der Waals surface area contributed by atoms with Crippen LogP contribution in [-0.2, 0) is 35.8 Å². The summed E-state index contributed by atoms with van der Waals surface area (Å²) in [7, 11) is 2.92. The zero-order valence-electron chi connectivity index (χ0n) is 17.2. The van der Waals surface area contributed by atoms with E-state index in [9.17, 15) is 19.2 Å². The summed E-state index contributed by atoms with van der Waals surface area (Å²) >= 11 is 0. The fourth-order valence-electron chi connectivity index (χ4n) is 4.65. The highest BCUT2D eigenvalue weighted by Gasteiger charge is 2.48. The molecule has 1 spiro atoms. The van der Waals surface area contributed by atoms with Crippen LogP contribution in [0.1, 0.15) is 28.8 Å². The second kappa shape index (κ2) is 6.66. The number of fused-ring (bicyclic) bond motifs is 3. The Hall–Kier alpha value is -3.69. The Balaban J connectivity index is 1.46. The standard InChI is InChI=1S/C21H21N5O5/c1-23-17-16(18(28)24(2)20(23)30)26(12-22-17)10-15(27)25-9-5-8-21(11-25)14-7-4-3-6-13(14)19(29)31-21/h3-4,6-7,12H,5,8-11H2,1-2H3. The normalized spacial score (nSPS) is 20.3. The minimum atomic E-state index is -0.835. The zero-order chi connectivity index (χ0) is 21.9. The number of carbonyl (C=O) groups excluding carboxylic acids is 2. The molecule has 2 aliphatic heterocycles. The molecule has 0 radical (unpaired) electrons. The van der Waals surface area contributed by atoms with Crippen molar-refractivity contribution in [1.82, 2.24) is 23.6 Å². The minimum absolute atomic E-state index is 0.102. The molecule has 1 amide bonds.